The molecule has 3 heterocycles. The number of fused-ring (bicyclic) bond motifs is 4. The number of nitro benzene ring substituents is 1. The second-order valence-corrected chi connectivity index (χ2v) is 10.5. The van der Waals surface area contributed by atoms with Crippen molar-refractivity contribution in [3.63, 3.8) is 0 Å². The summed E-state index contributed by atoms with van der Waals surface area (Å²) >= 11 is 0. The van der Waals surface area contributed by atoms with Crippen LogP contribution in [0.25, 0.3) is 0 Å². The molecule has 8 nitrogen and oxygen atoms in total. The third kappa shape index (κ3) is 4.01. The molecular weight excluding hydrogens is 539 g/mol. The van der Waals surface area contributed by atoms with Gasteiger partial charge in [0, 0.05) is 35.2 Å². The van der Waals surface area contributed by atoms with Crippen LogP contribution in [0, 0.1) is 16.0 Å². The molecule has 212 valence electrons. The van der Waals surface area contributed by atoms with Gasteiger partial charge < -0.3 is 10.1 Å². The average Bonchev–Trinajstić information content (AvgIpc) is 3.61. The number of para-hydroxylation sites is 1. The van der Waals surface area contributed by atoms with Gasteiger partial charge in [0.25, 0.3) is 5.69 Å². The van der Waals surface area contributed by atoms with Crippen molar-refractivity contribution in [1.29, 1.82) is 0 Å². The Balaban J connectivity index is 1.60. The van der Waals surface area contributed by atoms with E-state index in [-0.39, 0.29) is 22.5 Å². The fraction of sp³-hybridized carbons (Fsp3) is 0.333. The number of amides is 1. The van der Waals surface area contributed by atoms with Gasteiger partial charge in [-0.1, -0.05) is 24.3 Å². The minimum absolute atomic E-state index is 0.0986. The Morgan fingerprint density at radius 1 is 1.15 bits per heavy atom. The highest BCUT2D eigenvalue weighted by Crippen LogP contribution is 2.62. The van der Waals surface area contributed by atoms with Gasteiger partial charge in [-0.15, -0.1) is 0 Å². The van der Waals surface area contributed by atoms with E-state index in [1.54, 1.807) is 30.3 Å². The van der Waals surface area contributed by atoms with Gasteiger partial charge in [-0.05, 0) is 62.2 Å². The molecule has 3 aromatic rings. The lowest BCUT2D eigenvalue weighted by atomic mass is 9.68. The van der Waals surface area contributed by atoms with Crippen LogP contribution in [-0.4, -0.2) is 40.7 Å². The molecule has 3 unspecified atom stereocenters. The fourth-order valence-corrected chi connectivity index (χ4v) is 7.11. The first-order valence-electron chi connectivity index (χ1n) is 13.4. The molecule has 2 fully saturated rings. The maximum Gasteiger partial charge on any atom is 0.418 e. The fourth-order valence-electron chi connectivity index (χ4n) is 7.11. The second kappa shape index (κ2) is 9.69. The lowest BCUT2D eigenvalue weighted by Crippen LogP contribution is -2.52. The number of nitrogens with zero attached hydrogens (tertiary/aromatic N) is 2. The minimum atomic E-state index is -4.73. The number of anilines is 1. The van der Waals surface area contributed by atoms with E-state index in [1.807, 2.05) is 11.8 Å². The van der Waals surface area contributed by atoms with Crippen molar-refractivity contribution >= 4 is 23.1 Å². The van der Waals surface area contributed by atoms with Gasteiger partial charge in [-0.3, -0.25) is 24.6 Å². The molecule has 3 aliphatic heterocycles. The number of benzene rings is 3. The molecule has 3 aromatic carbocycles. The van der Waals surface area contributed by atoms with Gasteiger partial charge in [0.1, 0.15) is 11.3 Å². The Morgan fingerprint density at radius 3 is 2.56 bits per heavy atom. The number of ether oxygens (including phenoxy) is 1. The van der Waals surface area contributed by atoms with E-state index in [0.29, 0.717) is 37.3 Å². The molecule has 6 rings (SSSR count). The molecule has 4 atom stereocenters. The summed E-state index contributed by atoms with van der Waals surface area (Å²) in [6.45, 7) is 2.62. The number of rotatable bonds is 6. The summed E-state index contributed by atoms with van der Waals surface area (Å²) in [5.74, 6) is -2.44. The zero-order chi connectivity index (χ0) is 29.1. The van der Waals surface area contributed by atoms with Gasteiger partial charge in [-0.25, -0.2) is 0 Å². The topological polar surface area (TPSA) is 102 Å². The maximum atomic E-state index is 14.5. The van der Waals surface area contributed by atoms with Crippen LogP contribution >= 0.6 is 0 Å². The smallest absolute Gasteiger partial charge is 0.418 e. The Morgan fingerprint density at radius 2 is 1.88 bits per heavy atom. The maximum absolute atomic E-state index is 14.5. The number of Topliss-reactive ketones (excluding diaryl/α,β-unsaturated/α-hetero) is 1. The first-order chi connectivity index (χ1) is 19.6. The van der Waals surface area contributed by atoms with E-state index in [9.17, 15) is 32.9 Å². The van der Waals surface area contributed by atoms with Crippen molar-refractivity contribution in [1.82, 2.24) is 4.90 Å². The minimum Gasteiger partial charge on any atom is -0.494 e. The van der Waals surface area contributed by atoms with Gasteiger partial charge in [0.2, 0.25) is 5.91 Å². The van der Waals surface area contributed by atoms with Gasteiger partial charge in [0.05, 0.1) is 28.7 Å². The quantitative estimate of drug-likeness (QED) is 0.226. The standard InChI is InChI=1S/C30H26F3N3O5/c1-2-41-20-13-11-17(12-14-20)27(37)25-24(18-6-3-7-19(16-18)36(39)40)23-10-5-15-35(23)29(25)21-8-4-9-22(30(31,32)33)26(21)34-28(29)38/h3-4,6-9,11-14,16,23-25H,2,5,10,15H2,1H3,(H,34,38)/t23?,24?,25?,29-/m1/s1. The molecule has 1 N–H and O–H groups in total. The third-order valence-electron chi connectivity index (χ3n) is 8.54. The van der Waals surface area contributed by atoms with Crippen LogP contribution in [0.5, 0.6) is 5.75 Å². The summed E-state index contributed by atoms with van der Waals surface area (Å²) in [5, 5.41) is 14.2. The molecular formula is C30H26F3N3O5. The number of hydrogen-bond acceptors (Lipinski definition) is 6. The lowest BCUT2D eigenvalue weighted by molar-refractivity contribution is -0.384. The Labute approximate surface area is 233 Å². The summed E-state index contributed by atoms with van der Waals surface area (Å²) in [5.41, 5.74) is -2.38. The summed E-state index contributed by atoms with van der Waals surface area (Å²) in [4.78, 5) is 41.6. The Kier molecular flexibility index (Phi) is 6.37. The number of alkyl halides is 3. The van der Waals surface area contributed by atoms with Crippen LogP contribution in [0.3, 0.4) is 0 Å². The number of hydrogen-bond donors (Lipinski definition) is 1. The van der Waals surface area contributed by atoms with Crippen molar-refractivity contribution < 1.29 is 32.4 Å². The first kappa shape index (κ1) is 26.9. The van der Waals surface area contributed by atoms with Crippen molar-refractivity contribution in [2.24, 2.45) is 5.92 Å². The Hall–Kier alpha value is -4.25. The monoisotopic (exact) mass is 565 g/mol. The molecule has 0 aromatic heterocycles. The summed E-state index contributed by atoms with van der Waals surface area (Å²) < 4.78 is 47.8. The number of non-ortho nitro benzene ring substituents is 1. The number of carbonyl (C=O) groups is 2. The molecule has 11 heteroatoms. The zero-order valence-corrected chi connectivity index (χ0v) is 22.0. The second-order valence-electron chi connectivity index (χ2n) is 10.5. The zero-order valence-electron chi connectivity index (χ0n) is 22.0. The largest absolute Gasteiger partial charge is 0.494 e. The number of ketones is 1. The van der Waals surface area contributed by atoms with Crippen LogP contribution in [0.1, 0.15) is 52.7 Å². The summed E-state index contributed by atoms with van der Waals surface area (Å²) in [7, 11) is 0. The van der Waals surface area contributed by atoms with E-state index >= 15 is 0 Å². The first-order valence-corrected chi connectivity index (χ1v) is 13.4. The molecule has 0 aliphatic carbocycles. The number of nitro groups is 1. The highest BCUT2D eigenvalue weighted by molar-refractivity contribution is 6.13. The number of halogens is 3. The van der Waals surface area contributed by atoms with Crippen molar-refractivity contribution in [2.75, 3.05) is 18.5 Å². The number of nitrogens with one attached hydrogen (secondary N) is 1. The molecule has 1 amide bonds. The molecule has 0 saturated carbocycles. The van der Waals surface area contributed by atoms with Crippen LogP contribution in [0.2, 0.25) is 0 Å². The molecule has 1 spiro atoms. The summed E-state index contributed by atoms with van der Waals surface area (Å²) in [6, 6.07) is 15.6. The van der Waals surface area contributed by atoms with E-state index < -0.39 is 51.8 Å². The molecule has 0 radical (unpaired) electrons. The highest BCUT2D eigenvalue weighted by Gasteiger charge is 2.70. The van der Waals surface area contributed by atoms with E-state index in [1.165, 1.54) is 30.3 Å². The van der Waals surface area contributed by atoms with Crippen LogP contribution in [0.4, 0.5) is 24.5 Å². The van der Waals surface area contributed by atoms with E-state index in [4.69, 9.17) is 4.74 Å². The van der Waals surface area contributed by atoms with Crippen molar-refractivity contribution in [3.8, 4) is 5.75 Å². The van der Waals surface area contributed by atoms with Crippen molar-refractivity contribution in [2.45, 2.75) is 43.4 Å². The van der Waals surface area contributed by atoms with Crippen LogP contribution in [-0.2, 0) is 16.5 Å². The summed E-state index contributed by atoms with van der Waals surface area (Å²) in [6.07, 6.45) is -3.51. The van der Waals surface area contributed by atoms with Crippen LogP contribution in [0.15, 0.2) is 66.7 Å². The normalized spacial score (nSPS) is 25.2. The average molecular weight is 566 g/mol. The molecule has 0 bridgehead atoms. The van der Waals surface area contributed by atoms with Gasteiger partial charge >= 0.3 is 6.18 Å². The predicted molar refractivity (Wildman–Crippen MR) is 143 cm³/mol. The molecule has 41 heavy (non-hydrogen) atoms. The number of carbonyl (C=O) groups excluding carboxylic acids is 2. The van der Waals surface area contributed by atoms with E-state index in [0.717, 1.165) is 6.07 Å². The van der Waals surface area contributed by atoms with E-state index in [2.05, 4.69) is 5.32 Å². The predicted octanol–water partition coefficient (Wildman–Crippen LogP) is 5.92. The van der Waals surface area contributed by atoms with Gasteiger partial charge in [0.15, 0.2) is 5.78 Å². The van der Waals surface area contributed by atoms with Crippen LogP contribution < -0.4 is 10.1 Å². The third-order valence-corrected chi connectivity index (χ3v) is 8.54. The van der Waals surface area contributed by atoms with Crippen molar-refractivity contribution in [3.05, 3.63) is 99.1 Å². The lowest BCUT2D eigenvalue weighted by Gasteiger charge is -2.37. The highest BCUT2D eigenvalue weighted by atomic mass is 19.4. The molecule has 2 saturated heterocycles. The van der Waals surface area contributed by atoms with Gasteiger partial charge in [-0.2, -0.15) is 13.2 Å². The SMILES string of the molecule is CCOc1ccc(C(=O)C2C(c3cccc([N+](=O)[O-])c3)C3CCCN3[C@@]23C(=O)Nc2c(C(F)(F)F)cccc23)cc1. The molecule has 3 aliphatic rings. The Bertz CT molecular complexity index is 1560.